The van der Waals surface area contributed by atoms with Crippen molar-refractivity contribution >= 4 is 17.6 Å². The third-order valence-electron chi connectivity index (χ3n) is 5.36. The first-order valence-corrected chi connectivity index (χ1v) is 10.1. The van der Waals surface area contributed by atoms with Crippen molar-refractivity contribution < 1.29 is 24.2 Å². The fourth-order valence-corrected chi connectivity index (χ4v) is 3.91. The number of esters is 1. The molecule has 0 bridgehead atoms. The van der Waals surface area contributed by atoms with Gasteiger partial charge in [0.05, 0.1) is 6.61 Å². The second kappa shape index (κ2) is 8.92. The van der Waals surface area contributed by atoms with Crippen LogP contribution in [0.1, 0.15) is 40.2 Å². The third kappa shape index (κ3) is 4.38. The molecule has 0 aromatic heterocycles. The Bertz CT molecular complexity index is 1080. The van der Waals surface area contributed by atoms with Gasteiger partial charge in [0.1, 0.15) is 17.9 Å². The summed E-state index contributed by atoms with van der Waals surface area (Å²) in [4.78, 5) is 23.6. The number of hydrogen-bond donors (Lipinski definition) is 2. The SMILES string of the molecule is Nc1ccc(OCCCC(=O)O)c(C(=O)OCC2c3ccccc3-c3ccccc32)c1. The average Bonchev–Trinajstić information content (AvgIpc) is 3.09. The van der Waals surface area contributed by atoms with Crippen molar-refractivity contribution in [1.29, 1.82) is 0 Å². The normalized spacial score (nSPS) is 12.1. The molecule has 6 nitrogen and oxygen atoms in total. The molecule has 31 heavy (non-hydrogen) atoms. The largest absolute Gasteiger partial charge is 0.493 e. The number of carbonyl (C=O) groups is 2. The van der Waals surface area contributed by atoms with Gasteiger partial charge in [-0.15, -0.1) is 0 Å². The smallest absolute Gasteiger partial charge is 0.342 e. The van der Waals surface area contributed by atoms with Crippen molar-refractivity contribution in [2.24, 2.45) is 0 Å². The number of benzene rings is 3. The van der Waals surface area contributed by atoms with Crippen LogP contribution in [0.25, 0.3) is 11.1 Å². The second-order valence-corrected chi connectivity index (χ2v) is 7.43. The molecular weight excluding hydrogens is 394 g/mol. The molecule has 0 unspecified atom stereocenters. The van der Waals surface area contributed by atoms with Crippen LogP contribution in [0, 0.1) is 0 Å². The van der Waals surface area contributed by atoms with E-state index in [1.165, 1.54) is 6.07 Å². The second-order valence-electron chi connectivity index (χ2n) is 7.43. The van der Waals surface area contributed by atoms with Gasteiger partial charge in [-0.25, -0.2) is 4.79 Å². The Morgan fingerprint density at radius 3 is 2.23 bits per heavy atom. The number of anilines is 1. The first-order chi connectivity index (χ1) is 15.0. The van der Waals surface area contributed by atoms with E-state index in [9.17, 15) is 9.59 Å². The molecule has 6 heteroatoms. The van der Waals surface area contributed by atoms with Crippen LogP contribution in [-0.4, -0.2) is 30.3 Å². The Hall–Kier alpha value is -3.80. The zero-order valence-corrected chi connectivity index (χ0v) is 16.9. The van der Waals surface area contributed by atoms with E-state index in [1.807, 2.05) is 24.3 Å². The quantitative estimate of drug-likeness (QED) is 0.318. The molecule has 1 aliphatic carbocycles. The van der Waals surface area contributed by atoms with Crippen LogP contribution in [-0.2, 0) is 9.53 Å². The lowest BCUT2D eigenvalue weighted by molar-refractivity contribution is -0.137. The highest BCUT2D eigenvalue weighted by Crippen LogP contribution is 2.44. The topological polar surface area (TPSA) is 98.9 Å². The van der Waals surface area contributed by atoms with Crippen molar-refractivity contribution in [3.05, 3.63) is 83.4 Å². The minimum absolute atomic E-state index is 0.00471. The van der Waals surface area contributed by atoms with Crippen molar-refractivity contribution in [1.82, 2.24) is 0 Å². The van der Waals surface area contributed by atoms with Crippen LogP contribution >= 0.6 is 0 Å². The predicted octanol–water partition coefficient (Wildman–Crippen LogP) is 4.48. The highest BCUT2D eigenvalue weighted by molar-refractivity contribution is 5.93. The maximum Gasteiger partial charge on any atom is 0.342 e. The van der Waals surface area contributed by atoms with Crippen LogP contribution in [0.4, 0.5) is 5.69 Å². The minimum Gasteiger partial charge on any atom is -0.493 e. The Balaban J connectivity index is 1.49. The van der Waals surface area contributed by atoms with E-state index < -0.39 is 11.9 Å². The van der Waals surface area contributed by atoms with E-state index >= 15 is 0 Å². The number of aliphatic carboxylic acids is 1. The highest BCUT2D eigenvalue weighted by Gasteiger charge is 2.29. The zero-order valence-electron chi connectivity index (χ0n) is 16.9. The Labute approximate surface area is 180 Å². The molecule has 4 rings (SSSR count). The molecule has 3 N–H and O–H groups in total. The van der Waals surface area contributed by atoms with E-state index in [1.54, 1.807) is 12.1 Å². The van der Waals surface area contributed by atoms with Crippen LogP contribution in [0.2, 0.25) is 0 Å². The minimum atomic E-state index is -0.891. The standard InChI is InChI=1S/C25H23NO5/c26-16-11-12-23(30-13-5-10-24(27)28)21(14-16)25(29)31-15-22-19-8-3-1-6-17(19)18-7-2-4-9-20(18)22/h1-4,6-9,11-12,14,22H,5,10,13,15,26H2,(H,27,28). The summed E-state index contributed by atoms with van der Waals surface area (Å²) in [5, 5.41) is 8.76. The molecule has 0 atom stereocenters. The summed E-state index contributed by atoms with van der Waals surface area (Å²) in [6.07, 6.45) is 0.332. The van der Waals surface area contributed by atoms with Crippen LogP contribution in [0.15, 0.2) is 66.7 Å². The lowest BCUT2D eigenvalue weighted by Crippen LogP contribution is -2.14. The molecule has 0 saturated carbocycles. The summed E-state index contributed by atoms with van der Waals surface area (Å²) in [5.41, 5.74) is 11.1. The summed E-state index contributed by atoms with van der Waals surface area (Å²) in [5.74, 6) is -1.13. The fraction of sp³-hybridized carbons (Fsp3) is 0.200. The molecule has 0 saturated heterocycles. The van der Waals surface area contributed by atoms with Gasteiger partial charge in [-0.05, 0) is 46.9 Å². The molecule has 3 aromatic carbocycles. The molecule has 3 aromatic rings. The van der Waals surface area contributed by atoms with Gasteiger partial charge in [-0.1, -0.05) is 48.5 Å². The summed E-state index contributed by atoms with van der Waals surface area (Å²) >= 11 is 0. The van der Waals surface area contributed by atoms with Gasteiger partial charge in [0.25, 0.3) is 0 Å². The van der Waals surface area contributed by atoms with Gasteiger partial charge >= 0.3 is 11.9 Å². The van der Waals surface area contributed by atoms with Crippen molar-refractivity contribution in [3.8, 4) is 16.9 Å². The van der Waals surface area contributed by atoms with Crippen molar-refractivity contribution in [2.45, 2.75) is 18.8 Å². The summed E-state index contributed by atoms with van der Waals surface area (Å²) < 4.78 is 11.3. The van der Waals surface area contributed by atoms with Gasteiger partial charge in [-0.2, -0.15) is 0 Å². The summed E-state index contributed by atoms with van der Waals surface area (Å²) in [6.45, 7) is 0.375. The third-order valence-corrected chi connectivity index (χ3v) is 5.36. The summed E-state index contributed by atoms with van der Waals surface area (Å²) in [7, 11) is 0. The van der Waals surface area contributed by atoms with Gasteiger partial charge in [0, 0.05) is 18.0 Å². The Morgan fingerprint density at radius 2 is 1.58 bits per heavy atom. The number of carboxylic acids is 1. The molecule has 0 amide bonds. The maximum absolute atomic E-state index is 12.9. The van der Waals surface area contributed by atoms with E-state index in [0.717, 1.165) is 22.3 Å². The van der Waals surface area contributed by atoms with E-state index in [0.29, 0.717) is 17.9 Å². The molecule has 0 aliphatic heterocycles. The van der Waals surface area contributed by atoms with E-state index in [4.69, 9.17) is 20.3 Å². The molecule has 0 spiro atoms. The molecule has 158 valence electrons. The van der Waals surface area contributed by atoms with Crippen LogP contribution < -0.4 is 10.5 Å². The molecule has 0 fully saturated rings. The molecular formula is C25H23NO5. The maximum atomic E-state index is 12.9. The number of hydrogen-bond acceptors (Lipinski definition) is 5. The first kappa shape index (κ1) is 20.5. The van der Waals surface area contributed by atoms with Gasteiger partial charge < -0.3 is 20.3 Å². The lowest BCUT2D eigenvalue weighted by Gasteiger charge is -2.16. The van der Waals surface area contributed by atoms with Gasteiger partial charge in [0.15, 0.2) is 0 Å². The van der Waals surface area contributed by atoms with Gasteiger partial charge in [0.2, 0.25) is 0 Å². The summed E-state index contributed by atoms with van der Waals surface area (Å²) in [6, 6.07) is 21.0. The number of rotatable bonds is 8. The predicted molar refractivity (Wildman–Crippen MR) is 117 cm³/mol. The Morgan fingerprint density at radius 1 is 0.935 bits per heavy atom. The monoisotopic (exact) mass is 417 g/mol. The number of carbonyl (C=O) groups excluding carboxylic acids is 1. The Kier molecular flexibility index (Phi) is 5.89. The molecule has 0 heterocycles. The average molecular weight is 417 g/mol. The van der Waals surface area contributed by atoms with E-state index in [2.05, 4.69) is 24.3 Å². The zero-order chi connectivity index (χ0) is 21.8. The van der Waals surface area contributed by atoms with E-state index in [-0.39, 0.29) is 31.1 Å². The van der Waals surface area contributed by atoms with Crippen molar-refractivity contribution in [3.63, 3.8) is 0 Å². The lowest BCUT2D eigenvalue weighted by atomic mass is 9.98. The number of nitrogen functional groups attached to an aromatic ring is 1. The molecule has 1 aliphatic rings. The number of fused-ring (bicyclic) bond motifs is 3. The number of carboxylic acid groups (broad SMARTS) is 1. The molecule has 0 radical (unpaired) electrons. The number of ether oxygens (including phenoxy) is 2. The highest BCUT2D eigenvalue weighted by atomic mass is 16.5. The van der Waals surface area contributed by atoms with Crippen molar-refractivity contribution in [2.75, 3.05) is 18.9 Å². The first-order valence-electron chi connectivity index (χ1n) is 10.1. The van der Waals surface area contributed by atoms with Crippen LogP contribution in [0.5, 0.6) is 5.75 Å². The van der Waals surface area contributed by atoms with Crippen LogP contribution in [0.3, 0.4) is 0 Å². The fourth-order valence-electron chi connectivity index (χ4n) is 3.91. The number of nitrogens with two attached hydrogens (primary N) is 1. The van der Waals surface area contributed by atoms with Gasteiger partial charge in [-0.3, -0.25) is 4.79 Å².